The molecule has 0 N–H and O–H groups in total. The Morgan fingerprint density at radius 2 is 2.06 bits per heavy atom. The van der Waals surface area contributed by atoms with Crippen LogP contribution in [0.15, 0.2) is 35.3 Å². The summed E-state index contributed by atoms with van der Waals surface area (Å²) < 4.78 is 10.3. The molecule has 0 spiro atoms. The second-order valence-corrected chi connectivity index (χ2v) is 4.28. The van der Waals surface area contributed by atoms with Crippen LogP contribution < -0.4 is 0 Å². The molecular weight excluding hydrogens is 218 g/mol. The van der Waals surface area contributed by atoms with Crippen molar-refractivity contribution in [2.75, 3.05) is 0 Å². The first kappa shape index (κ1) is 11.6. The summed E-state index contributed by atoms with van der Waals surface area (Å²) in [6.45, 7) is 4.21. The van der Waals surface area contributed by atoms with E-state index in [1.54, 1.807) is 0 Å². The predicted octanol–water partition coefficient (Wildman–Crippen LogP) is 2.14. The lowest BCUT2D eigenvalue weighted by Gasteiger charge is -2.04. The van der Waals surface area contributed by atoms with Gasteiger partial charge in [0.25, 0.3) is 0 Å². The van der Waals surface area contributed by atoms with Gasteiger partial charge in [-0.25, -0.2) is 9.79 Å². The van der Waals surface area contributed by atoms with Gasteiger partial charge in [0.1, 0.15) is 6.61 Å². The third-order valence-corrected chi connectivity index (χ3v) is 2.51. The van der Waals surface area contributed by atoms with E-state index in [0.29, 0.717) is 6.61 Å². The van der Waals surface area contributed by atoms with Gasteiger partial charge in [-0.1, -0.05) is 44.2 Å². The maximum atomic E-state index is 11.4. The number of carbonyl (C=O) groups excluding carboxylic acids is 1. The molecule has 90 valence electrons. The number of rotatable bonds is 3. The van der Waals surface area contributed by atoms with Crippen molar-refractivity contribution in [1.29, 1.82) is 0 Å². The number of hydrogen-bond acceptors (Lipinski definition) is 4. The smallest absolute Gasteiger partial charge is 0.392 e. The number of cyclic esters (lactones) is 1. The summed E-state index contributed by atoms with van der Waals surface area (Å²) in [5.74, 6) is -0.205. The first-order chi connectivity index (χ1) is 8.16. The van der Waals surface area contributed by atoms with Crippen LogP contribution in [-0.2, 0) is 20.9 Å². The quantitative estimate of drug-likeness (QED) is 0.751. The van der Waals surface area contributed by atoms with E-state index in [1.165, 1.54) is 0 Å². The van der Waals surface area contributed by atoms with Crippen LogP contribution in [0.2, 0.25) is 0 Å². The second-order valence-electron chi connectivity index (χ2n) is 4.28. The van der Waals surface area contributed by atoms with E-state index < -0.39 is 6.04 Å². The molecule has 0 radical (unpaired) electrons. The molecule has 4 nitrogen and oxygen atoms in total. The van der Waals surface area contributed by atoms with Crippen molar-refractivity contribution in [2.45, 2.75) is 26.5 Å². The van der Waals surface area contributed by atoms with Crippen LogP contribution in [-0.4, -0.2) is 18.1 Å². The van der Waals surface area contributed by atoms with E-state index in [-0.39, 0.29) is 18.0 Å². The number of nitrogens with zero attached hydrogens (tertiary/aromatic N) is 1. The van der Waals surface area contributed by atoms with Gasteiger partial charge in [0.15, 0.2) is 6.04 Å². The van der Waals surface area contributed by atoms with Crippen LogP contribution in [0, 0.1) is 5.92 Å². The monoisotopic (exact) mass is 233 g/mol. The number of aliphatic imine (C=N–C) groups is 1. The van der Waals surface area contributed by atoms with Gasteiger partial charge < -0.3 is 9.47 Å². The minimum Gasteiger partial charge on any atom is -0.445 e. The Bertz CT molecular complexity index is 426. The van der Waals surface area contributed by atoms with Gasteiger partial charge in [0, 0.05) is 0 Å². The highest BCUT2D eigenvalue weighted by molar-refractivity contribution is 5.93. The fourth-order valence-electron chi connectivity index (χ4n) is 1.55. The SMILES string of the molecule is CC(C)C1N=C(OCc2ccccc2)OC1=O. The molecule has 2 rings (SSSR count). The Kier molecular flexibility index (Phi) is 3.42. The number of benzene rings is 1. The maximum Gasteiger partial charge on any atom is 0.392 e. The zero-order valence-corrected chi connectivity index (χ0v) is 9.92. The zero-order chi connectivity index (χ0) is 12.3. The highest BCUT2D eigenvalue weighted by Crippen LogP contribution is 2.16. The average Bonchev–Trinajstić information content (AvgIpc) is 2.69. The molecule has 1 aliphatic heterocycles. The summed E-state index contributed by atoms with van der Waals surface area (Å²) in [6, 6.07) is 9.25. The standard InChI is InChI=1S/C13H15NO3/c1-9(2)11-12(15)17-13(14-11)16-8-10-6-4-3-5-7-10/h3-7,9,11H,8H2,1-2H3. The van der Waals surface area contributed by atoms with Crippen molar-refractivity contribution in [1.82, 2.24) is 0 Å². The Balaban J connectivity index is 1.93. The van der Waals surface area contributed by atoms with Gasteiger partial charge in [-0.3, -0.25) is 0 Å². The van der Waals surface area contributed by atoms with Crippen LogP contribution in [0.1, 0.15) is 19.4 Å². The van der Waals surface area contributed by atoms with E-state index in [4.69, 9.17) is 9.47 Å². The van der Waals surface area contributed by atoms with Crippen molar-refractivity contribution in [3.05, 3.63) is 35.9 Å². The molecular formula is C13H15NO3. The fourth-order valence-corrected chi connectivity index (χ4v) is 1.55. The van der Waals surface area contributed by atoms with Crippen molar-refractivity contribution in [3.63, 3.8) is 0 Å². The Morgan fingerprint density at radius 3 is 2.65 bits per heavy atom. The van der Waals surface area contributed by atoms with Crippen LogP contribution in [0.25, 0.3) is 0 Å². The molecule has 0 bridgehead atoms. The molecule has 0 saturated carbocycles. The van der Waals surface area contributed by atoms with Gasteiger partial charge in [-0.05, 0) is 11.5 Å². The van der Waals surface area contributed by atoms with E-state index in [0.717, 1.165) is 5.56 Å². The predicted molar refractivity (Wildman–Crippen MR) is 63.4 cm³/mol. The molecule has 0 aromatic heterocycles. The highest BCUT2D eigenvalue weighted by atomic mass is 16.7. The van der Waals surface area contributed by atoms with E-state index in [9.17, 15) is 4.79 Å². The molecule has 0 fully saturated rings. The minimum absolute atomic E-state index is 0.0811. The fraction of sp³-hybridized carbons (Fsp3) is 0.385. The van der Waals surface area contributed by atoms with Crippen molar-refractivity contribution in [3.8, 4) is 0 Å². The van der Waals surface area contributed by atoms with Gasteiger partial charge >= 0.3 is 12.1 Å². The number of carbonyl (C=O) groups is 1. The third-order valence-electron chi connectivity index (χ3n) is 2.51. The van der Waals surface area contributed by atoms with Crippen LogP contribution in [0.3, 0.4) is 0 Å². The third kappa shape index (κ3) is 2.84. The molecule has 1 heterocycles. The van der Waals surface area contributed by atoms with Crippen molar-refractivity contribution in [2.24, 2.45) is 10.9 Å². The van der Waals surface area contributed by atoms with E-state index >= 15 is 0 Å². The summed E-state index contributed by atoms with van der Waals surface area (Å²) >= 11 is 0. The molecule has 1 aliphatic rings. The number of hydrogen-bond donors (Lipinski definition) is 0. The van der Waals surface area contributed by atoms with Crippen molar-refractivity contribution < 1.29 is 14.3 Å². The van der Waals surface area contributed by atoms with Gasteiger partial charge in [0.05, 0.1) is 0 Å². The largest absolute Gasteiger partial charge is 0.445 e. The Hall–Kier alpha value is -1.84. The maximum absolute atomic E-state index is 11.4. The molecule has 4 heteroatoms. The van der Waals surface area contributed by atoms with E-state index in [1.807, 2.05) is 44.2 Å². The molecule has 0 amide bonds. The summed E-state index contributed by atoms with van der Waals surface area (Å²) in [6.07, 6.45) is 0.0811. The van der Waals surface area contributed by atoms with Crippen LogP contribution in [0.4, 0.5) is 0 Å². The van der Waals surface area contributed by atoms with Gasteiger partial charge in [-0.2, -0.15) is 0 Å². The van der Waals surface area contributed by atoms with Gasteiger partial charge in [-0.15, -0.1) is 0 Å². The topological polar surface area (TPSA) is 47.9 Å². The van der Waals surface area contributed by atoms with Crippen LogP contribution in [0.5, 0.6) is 0 Å². The first-order valence-corrected chi connectivity index (χ1v) is 5.63. The zero-order valence-electron chi connectivity index (χ0n) is 9.92. The number of ether oxygens (including phenoxy) is 2. The molecule has 1 aromatic carbocycles. The molecule has 0 aliphatic carbocycles. The number of esters is 1. The highest BCUT2D eigenvalue weighted by Gasteiger charge is 2.32. The Labute approximate surface area is 100 Å². The lowest BCUT2D eigenvalue weighted by atomic mass is 10.1. The normalized spacial score (nSPS) is 19.1. The average molecular weight is 233 g/mol. The molecule has 1 aromatic rings. The first-order valence-electron chi connectivity index (χ1n) is 5.63. The Morgan fingerprint density at radius 1 is 1.35 bits per heavy atom. The van der Waals surface area contributed by atoms with Crippen LogP contribution >= 0.6 is 0 Å². The summed E-state index contributed by atoms with van der Waals surface area (Å²) in [4.78, 5) is 15.5. The summed E-state index contributed by atoms with van der Waals surface area (Å²) in [5, 5.41) is 0. The molecule has 0 saturated heterocycles. The lowest BCUT2D eigenvalue weighted by molar-refractivity contribution is -0.137. The molecule has 1 unspecified atom stereocenters. The molecule has 1 atom stereocenters. The van der Waals surface area contributed by atoms with E-state index in [2.05, 4.69) is 4.99 Å². The minimum atomic E-state index is -0.430. The lowest BCUT2D eigenvalue weighted by Crippen LogP contribution is -2.20. The summed E-state index contributed by atoms with van der Waals surface area (Å²) in [5.41, 5.74) is 1.01. The molecule has 17 heavy (non-hydrogen) atoms. The van der Waals surface area contributed by atoms with Gasteiger partial charge in [0.2, 0.25) is 0 Å². The summed E-state index contributed by atoms with van der Waals surface area (Å²) in [7, 11) is 0. The second kappa shape index (κ2) is 4.99. The van der Waals surface area contributed by atoms with Crippen molar-refractivity contribution >= 4 is 12.1 Å².